The molecule has 0 aliphatic heterocycles. The number of para-hydroxylation sites is 1. The Bertz CT molecular complexity index is 472. The van der Waals surface area contributed by atoms with E-state index in [0.717, 1.165) is 0 Å². The van der Waals surface area contributed by atoms with E-state index in [0.29, 0.717) is 10.7 Å². The molecule has 0 atom stereocenters. The average molecular weight is 267 g/mol. The SMILES string of the molecule is CC=CC(=O)N(C)CC(=O)Nc1ccccc1Cl. The number of nitrogens with one attached hydrogen (secondary N) is 1. The smallest absolute Gasteiger partial charge is 0.246 e. The van der Waals surface area contributed by atoms with Gasteiger partial charge in [0.15, 0.2) is 0 Å². The number of carbonyl (C=O) groups excluding carboxylic acids is 2. The van der Waals surface area contributed by atoms with Crippen LogP contribution in [-0.4, -0.2) is 30.3 Å². The molecule has 1 rings (SSSR count). The Hall–Kier alpha value is -1.81. The van der Waals surface area contributed by atoms with E-state index in [9.17, 15) is 9.59 Å². The Labute approximate surface area is 111 Å². The van der Waals surface area contributed by atoms with Crippen LogP contribution in [0, 0.1) is 0 Å². The summed E-state index contributed by atoms with van der Waals surface area (Å²) in [4.78, 5) is 24.5. The lowest BCUT2D eigenvalue weighted by atomic mass is 10.3. The van der Waals surface area contributed by atoms with Gasteiger partial charge in [0.05, 0.1) is 17.3 Å². The van der Waals surface area contributed by atoms with E-state index in [2.05, 4.69) is 5.32 Å². The molecule has 0 aliphatic rings. The van der Waals surface area contributed by atoms with Crippen LogP contribution in [0.1, 0.15) is 6.92 Å². The lowest BCUT2D eigenvalue weighted by molar-refractivity contribution is -0.129. The number of benzene rings is 1. The molecule has 0 unspecified atom stereocenters. The maximum absolute atomic E-state index is 11.7. The number of amides is 2. The molecule has 0 saturated carbocycles. The molecule has 5 heteroatoms. The fraction of sp³-hybridized carbons (Fsp3) is 0.231. The van der Waals surface area contributed by atoms with Crippen LogP contribution < -0.4 is 5.32 Å². The Morgan fingerprint density at radius 3 is 2.67 bits per heavy atom. The standard InChI is InChI=1S/C13H15ClN2O2/c1-3-6-13(18)16(2)9-12(17)15-11-8-5-4-7-10(11)14/h3-8H,9H2,1-2H3,(H,15,17). The molecule has 1 N–H and O–H groups in total. The highest BCUT2D eigenvalue weighted by Crippen LogP contribution is 2.20. The first-order valence-electron chi connectivity index (χ1n) is 5.46. The van der Waals surface area contributed by atoms with Crippen molar-refractivity contribution in [1.82, 2.24) is 4.90 Å². The molecular formula is C13H15ClN2O2. The van der Waals surface area contributed by atoms with Gasteiger partial charge in [0.2, 0.25) is 11.8 Å². The van der Waals surface area contributed by atoms with Crippen molar-refractivity contribution < 1.29 is 9.59 Å². The van der Waals surface area contributed by atoms with E-state index in [-0.39, 0.29) is 18.4 Å². The first-order chi connectivity index (χ1) is 8.54. The molecule has 0 radical (unpaired) electrons. The van der Waals surface area contributed by atoms with Gasteiger partial charge in [-0.2, -0.15) is 0 Å². The number of rotatable bonds is 4. The van der Waals surface area contributed by atoms with Gasteiger partial charge in [-0.15, -0.1) is 0 Å². The second-order valence-corrected chi connectivity index (χ2v) is 4.13. The highest BCUT2D eigenvalue weighted by Gasteiger charge is 2.11. The maximum atomic E-state index is 11.7. The van der Waals surface area contributed by atoms with Gasteiger partial charge in [-0.1, -0.05) is 29.8 Å². The fourth-order valence-corrected chi connectivity index (χ4v) is 1.50. The molecule has 0 aliphatic carbocycles. The van der Waals surface area contributed by atoms with Crippen molar-refractivity contribution in [3.8, 4) is 0 Å². The molecule has 2 amide bonds. The molecule has 18 heavy (non-hydrogen) atoms. The highest BCUT2D eigenvalue weighted by atomic mass is 35.5. The summed E-state index contributed by atoms with van der Waals surface area (Å²) < 4.78 is 0. The lowest BCUT2D eigenvalue weighted by Gasteiger charge is -2.15. The van der Waals surface area contributed by atoms with Crippen molar-refractivity contribution >= 4 is 29.1 Å². The van der Waals surface area contributed by atoms with Crippen molar-refractivity contribution in [2.24, 2.45) is 0 Å². The number of anilines is 1. The number of nitrogens with zero attached hydrogens (tertiary/aromatic N) is 1. The molecule has 1 aromatic rings. The third-order valence-electron chi connectivity index (χ3n) is 2.21. The van der Waals surface area contributed by atoms with E-state index in [1.54, 1.807) is 44.3 Å². The van der Waals surface area contributed by atoms with Crippen molar-refractivity contribution in [3.63, 3.8) is 0 Å². The normalized spacial score (nSPS) is 10.4. The lowest BCUT2D eigenvalue weighted by Crippen LogP contribution is -2.33. The summed E-state index contributed by atoms with van der Waals surface area (Å²) in [5.74, 6) is -0.504. The summed E-state index contributed by atoms with van der Waals surface area (Å²) in [5, 5.41) is 3.12. The zero-order chi connectivity index (χ0) is 13.5. The molecule has 4 nitrogen and oxygen atoms in total. The third kappa shape index (κ3) is 4.22. The highest BCUT2D eigenvalue weighted by molar-refractivity contribution is 6.33. The molecule has 96 valence electrons. The number of halogens is 1. The fourth-order valence-electron chi connectivity index (χ4n) is 1.32. The zero-order valence-corrected chi connectivity index (χ0v) is 11.1. The first kappa shape index (κ1) is 14.3. The van der Waals surface area contributed by atoms with Crippen molar-refractivity contribution in [2.75, 3.05) is 18.9 Å². The van der Waals surface area contributed by atoms with Gasteiger partial charge in [-0.05, 0) is 25.1 Å². The van der Waals surface area contributed by atoms with Crippen LogP contribution in [0.25, 0.3) is 0 Å². The number of carbonyl (C=O) groups is 2. The largest absolute Gasteiger partial charge is 0.333 e. The number of hydrogen-bond acceptors (Lipinski definition) is 2. The Morgan fingerprint density at radius 2 is 2.06 bits per heavy atom. The number of hydrogen-bond donors (Lipinski definition) is 1. The summed E-state index contributed by atoms with van der Waals surface area (Å²) in [6.45, 7) is 1.73. The predicted octanol–water partition coefficient (Wildman–Crippen LogP) is 2.31. The molecular weight excluding hydrogens is 252 g/mol. The van der Waals surface area contributed by atoms with Gasteiger partial charge in [-0.25, -0.2) is 0 Å². The van der Waals surface area contributed by atoms with Crippen LogP contribution in [0.15, 0.2) is 36.4 Å². The van der Waals surface area contributed by atoms with Gasteiger partial charge < -0.3 is 10.2 Å². The summed E-state index contributed by atoms with van der Waals surface area (Å²) >= 11 is 5.91. The summed E-state index contributed by atoms with van der Waals surface area (Å²) in [7, 11) is 1.56. The minimum atomic E-state index is -0.288. The monoisotopic (exact) mass is 266 g/mol. The zero-order valence-electron chi connectivity index (χ0n) is 10.3. The minimum Gasteiger partial charge on any atom is -0.333 e. The second kappa shape index (κ2) is 6.81. The minimum absolute atomic E-state index is 0.0194. The third-order valence-corrected chi connectivity index (χ3v) is 2.54. The molecule has 1 aromatic carbocycles. The van der Waals surface area contributed by atoms with Gasteiger partial charge >= 0.3 is 0 Å². The summed E-state index contributed by atoms with van der Waals surface area (Å²) in [5.41, 5.74) is 0.538. The van der Waals surface area contributed by atoms with Crippen LogP contribution in [0.4, 0.5) is 5.69 Å². The summed E-state index contributed by atoms with van der Waals surface area (Å²) in [6.07, 6.45) is 3.04. The molecule has 0 bridgehead atoms. The van der Waals surface area contributed by atoms with E-state index < -0.39 is 0 Å². The Balaban J connectivity index is 2.57. The molecule has 0 saturated heterocycles. The van der Waals surface area contributed by atoms with Crippen LogP contribution in [0.3, 0.4) is 0 Å². The Morgan fingerprint density at radius 1 is 1.39 bits per heavy atom. The molecule has 0 aromatic heterocycles. The Kier molecular flexibility index (Phi) is 5.39. The first-order valence-corrected chi connectivity index (χ1v) is 5.84. The van der Waals surface area contributed by atoms with Crippen LogP contribution in [0.2, 0.25) is 5.02 Å². The van der Waals surface area contributed by atoms with Crippen molar-refractivity contribution in [2.45, 2.75) is 6.92 Å². The molecule has 0 fully saturated rings. The van der Waals surface area contributed by atoms with Gasteiger partial charge in [-0.3, -0.25) is 9.59 Å². The van der Waals surface area contributed by atoms with Crippen LogP contribution in [0.5, 0.6) is 0 Å². The predicted molar refractivity (Wildman–Crippen MR) is 72.5 cm³/mol. The maximum Gasteiger partial charge on any atom is 0.246 e. The van der Waals surface area contributed by atoms with Crippen LogP contribution in [-0.2, 0) is 9.59 Å². The van der Waals surface area contributed by atoms with E-state index in [4.69, 9.17) is 11.6 Å². The van der Waals surface area contributed by atoms with Gasteiger partial charge in [0.25, 0.3) is 0 Å². The topological polar surface area (TPSA) is 49.4 Å². The average Bonchev–Trinajstić information content (AvgIpc) is 2.32. The number of likely N-dealkylation sites (N-methyl/N-ethyl adjacent to an activating group) is 1. The molecule has 0 heterocycles. The second-order valence-electron chi connectivity index (χ2n) is 3.72. The van der Waals surface area contributed by atoms with Crippen molar-refractivity contribution in [1.29, 1.82) is 0 Å². The van der Waals surface area contributed by atoms with Crippen molar-refractivity contribution in [3.05, 3.63) is 41.4 Å². The quantitative estimate of drug-likeness (QED) is 0.851. The van der Waals surface area contributed by atoms with Crippen LogP contribution >= 0.6 is 11.6 Å². The van der Waals surface area contributed by atoms with E-state index in [1.165, 1.54) is 11.0 Å². The number of allylic oxidation sites excluding steroid dienone is 1. The van der Waals surface area contributed by atoms with Gasteiger partial charge in [0.1, 0.15) is 0 Å². The van der Waals surface area contributed by atoms with E-state index >= 15 is 0 Å². The van der Waals surface area contributed by atoms with Gasteiger partial charge in [0, 0.05) is 7.05 Å². The summed E-state index contributed by atoms with van der Waals surface area (Å²) in [6, 6.07) is 6.94. The molecule has 0 spiro atoms. The van der Waals surface area contributed by atoms with E-state index in [1.807, 2.05) is 0 Å².